The van der Waals surface area contributed by atoms with Gasteiger partial charge in [-0.1, -0.05) is 13.8 Å². The van der Waals surface area contributed by atoms with Crippen LogP contribution < -0.4 is 0 Å². The Morgan fingerprint density at radius 3 is 2.24 bits per heavy atom. The molecule has 0 saturated carbocycles. The van der Waals surface area contributed by atoms with Crippen molar-refractivity contribution in [3.05, 3.63) is 0 Å². The zero-order valence-electron chi connectivity index (χ0n) is 11.8. The quantitative estimate of drug-likeness (QED) is 0.650. The Hall–Kier alpha value is 0.210. The highest BCUT2D eigenvalue weighted by molar-refractivity contribution is 6.17. The summed E-state index contributed by atoms with van der Waals surface area (Å²) in [4.78, 5) is 5.24. The molecule has 0 bridgehead atoms. The third kappa shape index (κ3) is 5.58. The molecule has 0 aromatic rings. The lowest BCUT2D eigenvalue weighted by Crippen LogP contribution is -2.49. The van der Waals surface area contributed by atoms with Crippen LogP contribution in [0.15, 0.2) is 0 Å². The number of hydrogen-bond donors (Lipinski definition) is 0. The highest BCUT2D eigenvalue weighted by Crippen LogP contribution is 2.12. The van der Waals surface area contributed by atoms with Gasteiger partial charge in [0, 0.05) is 38.1 Å². The Kier molecular flexibility index (Phi) is 7.49. The van der Waals surface area contributed by atoms with Crippen LogP contribution in [-0.4, -0.2) is 54.4 Å². The van der Waals surface area contributed by atoms with Crippen LogP contribution >= 0.6 is 11.6 Å². The zero-order valence-corrected chi connectivity index (χ0v) is 12.5. The summed E-state index contributed by atoms with van der Waals surface area (Å²) < 4.78 is 0. The van der Waals surface area contributed by atoms with Crippen LogP contribution in [0.5, 0.6) is 0 Å². The van der Waals surface area contributed by atoms with E-state index >= 15 is 0 Å². The normalized spacial score (nSPS) is 22.6. The molecule has 0 aliphatic carbocycles. The summed E-state index contributed by atoms with van der Waals surface area (Å²) in [5.74, 6) is 1.59. The molecule has 1 rings (SSSR count). The maximum Gasteiger partial charge on any atom is 0.0225 e. The Morgan fingerprint density at radius 2 is 1.71 bits per heavy atom. The smallest absolute Gasteiger partial charge is 0.0225 e. The summed E-state index contributed by atoms with van der Waals surface area (Å²) in [6.07, 6.45) is 3.73. The van der Waals surface area contributed by atoms with Gasteiger partial charge >= 0.3 is 0 Å². The third-order valence-electron chi connectivity index (χ3n) is 4.16. The van der Waals surface area contributed by atoms with Crippen molar-refractivity contribution in [2.45, 2.75) is 46.1 Å². The maximum atomic E-state index is 5.77. The SMILES string of the molecule is CCC(C)N1CCN(CCC(C)CCCl)CC1. The van der Waals surface area contributed by atoms with Crippen LogP contribution in [0.4, 0.5) is 0 Å². The fourth-order valence-electron chi connectivity index (χ4n) is 2.42. The van der Waals surface area contributed by atoms with Gasteiger partial charge in [-0.2, -0.15) is 0 Å². The van der Waals surface area contributed by atoms with Crippen LogP contribution in [0.3, 0.4) is 0 Å². The number of rotatable bonds is 7. The topological polar surface area (TPSA) is 6.48 Å². The van der Waals surface area contributed by atoms with Crippen molar-refractivity contribution < 1.29 is 0 Å². The largest absolute Gasteiger partial charge is 0.301 e. The molecule has 0 N–H and O–H groups in total. The number of piperazine rings is 1. The van der Waals surface area contributed by atoms with Gasteiger partial charge in [0.25, 0.3) is 0 Å². The van der Waals surface area contributed by atoms with Crippen LogP contribution in [0.25, 0.3) is 0 Å². The zero-order chi connectivity index (χ0) is 12.7. The molecular weight excluding hydrogens is 232 g/mol. The van der Waals surface area contributed by atoms with Gasteiger partial charge in [-0.15, -0.1) is 11.6 Å². The molecule has 1 saturated heterocycles. The lowest BCUT2D eigenvalue weighted by Gasteiger charge is -2.38. The van der Waals surface area contributed by atoms with Gasteiger partial charge in [0.05, 0.1) is 0 Å². The monoisotopic (exact) mass is 260 g/mol. The van der Waals surface area contributed by atoms with Gasteiger partial charge in [-0.3, -0.25) is 4.90 Å². The van der Waals surface area contributed by atoms with E-state index in [1.165, 1.54) is 45.6 Å². The van der Waals surface area contributed by atoms with Crippen molar-refractivity contribution in [1.29, 1.82) is 0 Å². The number of nitrogens with zero attached hydrogens (tertiary/aromatic N) is 2. The minimum Gasteiger partial charge on any atom is -0.301 e. The summed E-state index contributed by atoms with van der Waals surface area (Å²) in [6.45, 7) is 13.2. The van der Waals surface area contributed by atoms with Crippen molar-refractivity contribution >= 4 is 11.6 Å². The third-order valence-corrected chi connectivity index (χ3v) is 4.38. The second-order valence-corrected chi connectivity index (χ2v) is 5.88. The summed E-state index contributed by atoms with van der Waals surface area (Å²) in [5.41, 5.74) is 0. The predicted octanol–water partition coefficient (Wildman–Crippen LogP) is 3.06. The first kappa shape index (κ1) is 15.3. The van der Waals surface area contributed by atoms with Crippen molar-refractivity contribution in [1.82, 2.24) is 9.80 Å². The number of alkyl halides is 1. The highest BCUT2D eigenvalue weighted by Gasteiger charge is 2.19. The van der Waals surface area contributed by atoms with Crippen LogP contribution in [0, 0.1) is 5.92 Å². The summed E-state index contributed by atoms with van der Waals surface area (Å²) in [7, 11) is 0. The van der Waals surface area contributed by atoms with E-state index in [0.29, 0.717) is 0 Å². The molecule has 1 aliphatic heterocycles. The van der Waals surface area contributed by atoms with Crippen molar-refractivity contribution in [2.75, 3.05) is 38.6 Å². The van der Waals surface area contributed by atoms with Gasteiger partial charge in [0.2, 0.25) is 0 Å². The molecule has 0 radical (unpaired) electrons. The van der Waals surface area contributed by atoms with Gasteiger partial charge < -0.3 is 4.90 Å². The van der Waals surface area contributed by atoms with E-state index in [1.807, 2.05) is 0 Å². The fraction of sp³-hybridized carbons (Fsp3) is 1.00. The molecule has 3 heteroatoms. The average molecular weight is 261 g/mol. The molecule has 0 aromatic carbocycles. The van der Waals surface area contributed by atoms with Crippen LogP contribution in [-0.2, 0) is 0 Å². The highest BCUT2D eigenvalue weighted by atomic mass is 35.5. The first-order valence-corrected chi connectivity index (χ1v) is 7.73. The maximum absolute atomic E-state index is 5.77. The molecule has 0 aromatic heterocycles. The van der Waals surface area contributed by atoms with E-state index in [9.17, 15) is 0 Å². The van der Waals surface area contributed by atoms with Gasteiger partial charge in [-0.05, 0) is 38.6 Å². The summed E-state index contributed by atoms with van der Waals surface area (Å²) in [6, 6.07) is 0.757. The summed E-state index contributed by atoms with van der Waals surface area (Å²) in [5, 5.41) is 0. The van der Waals surface area contributed by atoms with Crippen LogP contribution in [0.2, 0.25) is 0 Å². The van der Waals surface area contributed by atoms with E-state index < -0.39 is 0 Å². The molecule has 1 fully saturated rings. The van der Waals surface area contributed by atoms with Gasteiger partial charge in [-0.25, -0.2) is 0 Å². The van der Waals surface area contributed by atoms with Crippen molar-refractivity contribution in [3.63, 3.8) is 0 Å². The molecule has 2 nitrogen and oxygen atoms in total. The molecule has 2 atom stereocenters. The average Bonchev–Trinajstić information content (AvgIpc) is 2.36. The molecule has 2 unspecified atom stereocenters. The fourth-order valence-corrected chi connectivity index (χ4v) is 2.79. The second-order valence-electron chi connectivity index (χ2n) is 5.51. The van der Waals surface area contributed by atoms with Gasteiger partial charge in [0.1, 0.15) is 0 Å². The van der Waals surface area contributed by atoms with Crippen molar-refractivity contribution in [3.8, 4) is 0 Å². The Labute approximate surface area is 112 Å². The number of halogens is 1. The molecule has 1 aliphatic rings. The Balaban J connectivity index is 2.14. The second kappa shape index (κ2) is 8.34. The van der Waals surface area contributed by atoms with E-state index in [1.54, 1.807) is 0 Å². The Morgan fingerprint density at radius 1 is 1.06 bits per heavy atom. The first-order chi connectivity index (χ1) is 8.17. The lowest BCUT2D eigenvalue weighted by molar-refractivity contribution is 0.0970. The van der Waals surface area contributed by atoms with E-state index in [-0.39, 0.29) is 0 Å². The van der Waals surface area contributed by atoms with E-state index in [0.717, 1.165) is 24.3 Å². The predicted molar refractivity (Wildman–Crippen MR) is 76.9 cm³/mol. The standard InChI is InChI=1S/C14H29ClN2/c1-4-14(3)17-11-9-16(10-12-17)8-6-13(2)5-7-15/h13-14H,4-12H2,1-3H3. The molecule has 0 amide bonds. The Bertz CT molecular complexity index is 191. The van der Waals surface area contributed by atoms with E-state index in [4.69, 9.17) is 11.6 Å². The van der Waals surface area contributed by atoms with Crippen molar-refractivity contribution in [2.24, 2.45) is 5.92 Å². The van der Waals surface area contributed by atoms with E-state index in [2.05, 4.69) is 30.6 Å². The minimum atomic E-state index is 0.757. The van der Waals surface area contributed by atoms with Crippen LogP contribution in [0.1, 0.15) is 40.0 Å². The molecule has 102 valence electrons. The summed E-state index contributed by atoms with van der Waals surface area (Å²) >= 11 is 5.77. The first-order valence-electron chi connectivity index (χ1n) is 7.19. The molecule has 1 heterocycles. The lowest BCUT2D eigenvalue weighted by atomic mass is 10.0. The molecular formula is C14H29ClN2. The van der Waals surface area contributed by atoms with Gasteiger partial charge in [0.15, 0.2) is 0 Å². The molecule has 0 spiro atoms. The minimum absolute atomic E-state index is 0.757. The molecule has 17 heavy (non-hydrogen) atoms. The number of hydrogen-bond acceptors (Lipinski definition) is 2.